The second-order valence-electron chi connectivity index (χ2n) is 8.08. The molecule has 2 aliphatic heterocycles. The van der Waals surface area contributed by atoms with E-state index >= 15 is 0 Å². The Morgan fingerprint density at radius 3 is 2.69 bits per heavy atom. The number of fused-ring (bicyclic) bond motifs is 1. The standard InChI is InChI=1S/C23H21FN5O4S2/c24-17-1-6-20-16(13-17)7-9-27(20)14-21(30)28-10-11-29(22(31)15-28)18-2-4-19(5-3-18)35(32,33)26-23-25-8-12-34-23/h1-6,8-9,12-13H,7,10-11,14-15H2,(H,25,26)/q+1. The number of amides is 2. The zero-order chi connectivity index (χ0) is 24.6. The maximum Gasteiger partial charge on any atom is 0.289 e. The highest BCUT2D eigenvalue weighted by molar-refractivity contribution is 7.93. The van der Waals surface area contributed by atoms with E-state index in [2.05, 4.69) is 9.71 Å². The number of nitrogens with one attached hydrogen (secondary N) is 1. The minimum atomic E-state index is -3.79. The number of aromatic nitrogens is 1. The highest BCUT2D eigenvalue weighted by atomic mass is 32.2. The topological polar surface area (TPSA) is 103 Å². The average molecular weight is 515 g/mol. The van der Waals surface area contributed by atoms with Crippen LogP contribution in [0, 0.1) is 5.82 Å². The van der Waals surface area contributed by atoms with Crippen molar-refractivity contribution in [1.82, 2.24) is 9.88 Å². The first-order valence-electron chi connectivity index (χ1n) is 10.8. The van der Waals surface area contributed by atoms with Gasteiger partial charge < -0.3 is 9.80 Å². The number of carbonyl (C=O) groups is 2. The average Bonchev–Trinajstić information content (AvgIpc) is 3.48. The Labute approximate surface area is 205 Å². The van der Waals surface area contributed by atoms with E-state index in [4.69, 9.17) is 0 Å². The lowest BCUT2D eigenvalue weighted by Gasteiger charge is -2.34. The second kappa shape index (κ2) is 9.19. The third-order valence-corrected chi connectivity index (χ3v) is 8.05. The summed E-state index contributed by atoms with van der Waals surface area (Å²) >= 11 is 1.17. The number of benzene rings is 2. The zero-order valence-electron chi connectivity index (χ0n) is 18.4. The molecule has 35 heavy (non-hydrogen) atoms. The number of piperazine rings is 1. The molecule has 5 rings (SSSR count). The summed E-state index contributed by atoms with van der Waals surface area (Å²) in [6, 6.07) is 10.5. The number of sulfonamides is 1. The summed E-state index contributed by atoms with van der Waals surface area (Å²) in [6.07, 6.45) is 3.91. The molecule has 180 valence electrons. The molecule has 1 saturated heterocycles. The van der Waals surface area contributed by atoms with Crippen molar-refractivity contribution < 1.29 is 27.0 Å². The summed E-state index contributed by atoms with van der Waals surface area (Å²) in [5, 5.41) is 1.94. The van der Waals surface area contributed by atoms with Crippen LogP contribution in [-0.4, -0.2) is 67.1 Å². The molecule has 9 nitrogen and oxygen atoms in total. The summed E-state index contributed by atoms with van der Waals surface area (Å²) in [4.78, 5) is 32.7. The fraction of sp³-hybridized carbons (Fsp3) is 0.217. The van der Waals surface area contributed by atoms with Gasteiger partial charge in [-0.1, -0.05) is 0 Å². The van der Waals surface area contributed by atoms with Crippen LogP contribution in [0.25, 0.3) is 0 Å². The Balaban J connectivity index is 1.21. The number of hydrogen-bond donors (Lipinski definition) is 1. The van der Waals surface area contributed by atoms with E-state index in [1.807, 2.05) is 6.21 Å². The van der Waals surface area contributed by atoms with Gasteiger partial charge in [-0.2, -0.15) is 4.58 Å². The predicted molar refractivity (Wildman–Crippen MR) is 129 cm³/mol. The van der Waals surface area contributed by atoms with Gasteiger partial charge in [0.05, 0.1) is 11.3 Å². The fourth-order valence-electron chi connectivity index (χ4n) is 4.11. The van der Waals surface area contributed by atoms with Gasteiger partial charge in [0.2, 0.25) is 18.1 Å². The van der Waals surface area contributed by atoms with Gasteiger partial charge in [-0.25, -0.2) is 17.8 Å². The van der Waals surface area contributed by atoms with Crippen molar-refractivity contribution in [2.24, 2.45) is 0 Å². The summed E-state index contributed by atoms with van der Waals surface area (Å²) in [7, 11) is -3.79. The number of hydrogen-bond acceptors (Lipinski definition) is 6. The van der Waals surface area contributed by atoms with Gasteiger partial charge in [-0.15, -0.1) is 11.3 Å². The highest BCUT2D eigenvalue weighted by Crippen LogP contribution is 2.25. The third kappa shape index (κ3) is 4.80. The smallest absolute Gasteiger partial charge is 0.289 e. The zero-order valence-corrected chi connectivity index (χ0v) is 20.1. The molecule has 1 aromatic heterocycles. The van der Waals surface area contributed by atoms with E-state index in [1.54, 1.807) is 28.2 Å². The van der Waals surface area contributed by atoms with Crippen LogP contribution in [0.1, 0.15) is 5.56 Å². The molecule has 0 atom stereocenters. The van der Waals surface area contributed by atoms with Gasteiger partial charge in [0.15, 0.2) is 11.3 Å². The van der Waals surface area contributed by atoms with E-state index in [0.29, 0.717) is 25.2 Å². The number of rotatable bonds is 6. The molecule has 0 saturated carbocycles. The van der Waals surface area contributed by atoms with Gasteiger partial charge >= 0.3 is 0 Å². The SMILES string of the molecule is O=C(C[N+]1=CCc2cc(F)ccc21)N1CCN(c2ccc(S(=O)(=O)Nc3nccs3)cc2)C(=O)C1. The van der Waals surface area contributed by atoms with Crippen LogP contribution in [0.4, 0.5) is 20.9 Å². The van der Waals surface area contributed by atoms with Crippen LogP contribution >= 0.6 is 11.3 Å². The number of anilines is 2. The first-order chi connectivity index (χ1) is 16.8. The summed E-state index contributed by atoms with van der Waals surface area (Å²) in [5.41, 5.74) is 2.18. The van der Waals surface area contributed by atoms with Crippen LogP contribution < -0.4 is 9.62 Å². The number of nitrogens with zero attached hydrogens (tertiary/aromatic N) is 4. The molecule has 0 bridgehead atoms. The molecule has 1 fully saturated rings. The molecule has 0 spiro atoms. The molecule has 3 aromatic rings. The third-order valence-electron chi connectivity index (χ3n) is 5.87. The van der Waals surface area contributed by atoms with Crippen LogP contribution in [-0.2, 0) is 26.0 Å². The molecule has 1 N–H and O–H groups in total. The lowest BCUT2D eigenvalue weighted by Crippen LogP contribution is -2.53. The van der Waals surface area contributed by atoms with Gasteiger partial charge in [-0.3, -0.25) is 14.3 Å². The first-order valence-corrected chi connectivity index (χ1v) is 13.2. The van der Waals surface area contributed by atoms with Crippen LogP contribution in [0.5, 0.6) is 0 Å². The number of halogens is 1. The Hall–Kier alpha value is -3.64. The lowest BCUT2D eigenvalue weighted by atomic mass is 10.1. The van der Waals surface area contributed by atoms with Crippen molar-refractivity contribution in [2.75, 3.05) is 35.8 Å². The van der Waals surface area contributed by atoms with E-state index in [9.17, 15) is 22.4 Å². The summed E-state index contributed by atoms with van der Waals surface area (Å²) < 4.78 is 42.6. The first kappa shape index (κ1) is 23.1. The van der Waals surface area contributed by atoms with E-state index in [0.717, 1.165) is 11.3 Å². The Morgan fingerprint density at radius 1 is 1.17 bits per heavy atom. The largest absolute Gasteiger partial charge is 0.326 e. The molecule has 12 heteroatoms. The summed E-state index contributed by atoms with van der Waals surface area (Å²) in [6.45, 7) is 0.638. The minimum absolute atomic E-state index is 0.0553. The Kier molecular flexibility index (Phi) is 6.07. The van der Waals surface area contributed by atoms with E-state index < -0.39 is 10.0 Å². The minimum Gasteiger partial charge on any atom is -0.326 e. The highest BCUT2D eigenvalue weighted by Gasteiger charge is 2.32. The van der Waals surface area contributed by atoms with Crippen molar-refractivity contribution in [3.05, 3.63) is 65.4 Å². The Bertz CT molecular complexity index is 1420. The fourth-order valence-corrected chi connectivity index (χ4v) is 5.90. The van der Waals surface area contributed by atoms with Crippen LogP contribution in [0.3, 0.4) is 0 Å². The normalized spacial score (nSPS) is 15.7. The van der Waals surface area contributed by atoms with Gasteiger partial charge in [-0.05, 0) is 36.4 Å². The van der Waals surface area contributed by atoms with Crippen LogP contribution in [0.15, 0.2) is 58.9 Å². The molecule has 2 aromatic carbocycles. The molecule has 3 heterocycles. The molecule has 2 amide bonds. The van der Waals surface area contributed by atoms with Crippen molar-refractivity contribution in [3.63, 3.8) is 0 Å². The van der Waals surface area contributed by atoms with Crippen molar-refractivity contribution >= 4 is 55.9 Å². The number of carbonyl (C=O) groups excluding carboxylic acids is 2. The molecular formula is C23H21FN5O4S2+. The molecule has 0 radical (unpaired) electrons. The quantitative estimate of drug-likeness (QED) is 0.509. The predicted octanol–water partition coefficient (Wildman–Crippen LogP) is 2.23. The number of thiazole rings is 1. The van der Waals surface area contributed by atoms with Crippen molar-refractivity contribution in [2.45, 2.75) is 11.3 Å². The lowest BCUT2D eigenvalue weighted by molar-refractivity contribution is -0.421. The van der Waals surface area contributed by atoms with Crippen molar-refractivity contribution in [1.29, 1.82) is 0 Å². The molecule has 2 aliphatic rings. The monoisotopic (exact) mass is 514 g/mol. The van der Waals surface area contributed by atoms with Gasteiger partial charge in [0.1, 0.15) is 12.4 Å². The molecule has 0 aliphatic carbocycles. The maximum absolute atomic E-state index is 13.4. The molecular weight excluding hydrogens is 493 g/mol. The Morgan fingerprint density at radius 2 is 1.97 bits per heavy atom. The second-order valence-corrected chi connectivity index (χ2v) is 10.7. The van der Waals surface area contributed by atoms with Crippen molar-refractivity contribution in [3.8, 4) is 0 Å². The summed E-state index contributed by atoms with van der Waals surface area (Å²) in [5.74, 6) is -0.761. The van der Waals surface area contributed by atoms with Crippen LogP contribution in [0.2, 0.25) is 0 Å². The van der Waals surface area contributed by atoms with Gasteiger partial charge in [0.25, 0.3) is 15.9 Å². The van der Waals surface area contributed by atoms with E-state index in [1.165, 1.54) is 51.6 Å². The van der Waals surface area contributed by atoms with E-state index in [-0.39, 0.29) is 40.7 Å². The maximum atomic E-state index is 13.4. The molecule has 0 unspecified atom stereocenters. The van der Waals surface area contributed by atoms with Gasteiger partial charge in [0, 0.05) is 42.0 Å².